The van der Waals surface area contributed by atoms with Crippen LogP contribution in [0.5, 0.6) is 0 Å². The molecular weight excluding hydrogens is 174 g/mol. The molecule has 0 rings (SSSR count). The normalized spacial score (nSPS) is 11.4. The highest BCUT2D eigenvalue weighted by Crippen LogP contribution is 2.00. The molecule has 0 aliphatic rings. The third kappa shape index (κ3) is 18.0. The van der Waals surface area contributed by atoms with E-state index in [2.05, 4.69) is 5.73 Å². The molecule has 7 N–H and O–H groups in total. The maximum atomic E-state index is 10.3. The van der Waals surface area contributed by atoms with Crippen molar-refractivity contribution in [1.82, 2.24) is 0 Å². The third-order valence-electron chi connectivity index (χ3n) is 1.09. The minimum Gasteiger partial charge on any atom is -0.465 e. The SMILES string of the molecule is CC(C)CC(N)C(N)=O.NC(=O)O. The van der Waals surface area contributed by atoms with Crippen LogP contribution in [-0.4, -0.2) is 23.1 Å². The van der Waals surface area contributed by atoms with Crippen molar-refractivity contribution < 1.29 is 14.7 Å². The zero-order valence-electron chi connectivity index (χ0n) is 7.86. The van der Waals surface area contributed by atoms with Crippen molar-refractivity contribution >= 4 is 12.0 Å². The standard InChI is InChI=1S/C6H14N2O.CH3NO2/c1-4(2)3-5(7)6(8)9;2-1(3)4/h4-5H,3,7H2,1-2H3,(H2,8,9);2H2,(H,3,4). The largest absolute Gasteiger partial charge is 0.465 e. The maximum Gasteiger partial charge on any atom is 0.402 e. The van der Waals surface area contributed by atoms with Crippen LogP contribution in [0.4, 0.5) is 4.79 Å². The van der Waals surface area contributed by atoms with Crippen LogP contribution in [0.3, 0.4) is 0 Å². The van der Waals surface area contributed by atoms with Crippen molar-refractivity contribution in [3.8, 4) is 0 Å². The highest BCUT2D eigenvalue weighted by molar-refractivity contribution is 5.79. The Kier molecular flexibility index (Phi) is 8.05. The Morgan fingerprint density at radius 2 is 1.62 bits per heavy atom. The summed E-state index contributed by atoms with van der Waals surface area (Å²) in [7, 11) is 0. The Bertz CT molecular complexity index is 166. The van der Waals surface area contributed by atoms with E-state index in [0.29, 0.717) is 12.3 Å². The Labute approximate surface area is 77.1 Å². The van der Waals surface area contributed by atoms with Gasteiger partial charge in [-0.05, 0) is 12.3 Å². The van der Waals surface area contributed by atoms with Crippen LogP contribution < -0.4 is 17.2 Å². The second-order valence-electron chi connectivity index (χ2n) is 2.98. The molecule has 2 amide bonds. The van der Waals surface area contributed by atoms with Crippen LogP contribution in [0, 0.1) is 5.92 Å². The topological polar surface area (TPSA) is 132 Å². The van der Waals surface area contributed by atoms with Gasteiger partial charge >= 0.3 is 6.09 Å². The molecular formula is C7H17N3O3. The van der Waals surface area contributed by atoms with Gasteiger partial charge in [-0.25, -0.2) is 4.79 Å². The lowest BCUT2D eigenvalue weighted by Gasteiger charge is -2.08. The van der Waals surface area contributed by atoms with Crippen molar-refractivity contribution in [3.05, 3.63) is 0 Å². The van der Waals surface area contributed by atoms with E-state index in [0.717, 1.165) is 0 Å². The molecule has 6 nitrogen and oxygen atoms in total. The molecule has 0 saturated heterocycles. The monoisotopic (exact) mass is 191 g/mol. The molecule has 0 aromatic rings. The van der Waals surface area contributed by atoms with E-state index in [1.807, 2.05) is 13.8 Å². The molecule has 78 valence electrons. The fraction of sp³-hybridized carbons (Fsp3) is 0.714. The van der Waals surface area contributed by atoms with Gasteiger partial charge in [0.15, 0.2) is 0 Å². The summed E-state index contributed by atoms with van der Waals surface area (Å²) in [5.41, 5.74) is 14.3. The summed E-state index contributed by atoms with van der Waals surface area (Å²) in [4.78, 5) is 19.1. The average Bonchev–Trinajstić information content (AvgIpc) is 1.83. The first-order valence-corrected chi connectivity index (χ1v) is 3.80. The number of nitrogens with two attached hydrogens (primary N) is 3. The Morgan fingerprint density at radius 1 is 1.31 bits per heavy atom. The van der Waals surface area contributed by atoms with Crippen molar-refractivity contribution in [2.45, 2.75) is 26.3 Å². The first-order valence-electron chi connectivity index (χ1n) is 3.80. The van der Waals surface area contributed by atoms with Crippen LogP contribution in [0.15, 0.2) is 0 Å². The lowest BCUT2D eigenvalue weighted by Crippen LogP contribution is -2.37. The number of carbonyl (C=O) groups is 2. The van der Waals surface area contributed by atoms with Crippen LogP contribution in [0.25, 0.3) is 0 Å². The van der Waals surface area contributed by atoms with E-state index in [-0.39, 0.29) is 0 Å². The molecule has 1 atom stereocenters. The summed E-state index contributed by atoms with van der Waals surface area (Å²) in [6.07, 6.45) is -0.657. The van der Waals surface area contributed by atoms with Crippen molar-refractivity contribution in [1.29, 1.82) is 0 Å². The zero-order chi connectivity index (χ0) is 11.0. The summed E-state index contributed by atoms with van der Waals surface area (Å²) >= 11 is 0. The second kappa shape index (κ2) is 7.35. The Morgan fingerprint density at radius 3 is 1.69 bits per heavy atom. The smallest absolute Gasteiger partial charge is 0.402 e. The van der Waals surface area contributed by atoms with Crippen molar-refractivity contribution in [3.63, 3.8) is 0 Å². The molecule has 0 fully saturated rings. The van der Waals surface area contributed by atoms with E-state index < -0.39 is 18.0 Å². The number of carboxylic acid groups (broad SMARTS) is 1. The lowest BCUT2D eigenvalue weighted by atomic mass is 10.0. The maximum absolute atomic E-state index is 10.3. The molecule has 0 aliphatic heterocycles. The third-order valence-corrected chi connectivity index (χ3v) is 1.09. The van der Waals surface area contributed by atoms with E-state index in [4.69, 9.17) is 21.4 Å². The number of hydrogen-bond acceptors (Lipinski definition) is 3. The zero-order valence-corrected chi connectivity index (χ0v) is 7.86. The van der Waals surface area contributed by atoms with Crippen LogP contribution in [-0.2, 0) is 4.79 Å². The molecule has 0 radical (unpaired) electrons. The lowest BCUT2D eigenvalue weighted by molar-refractivity contribution is -0.119. The molecule has 0 aromatic heterocycles. The first-order chi connectivity index (χ1) is 5.77. The molecule has 6 heteroatoms. The van der Waals surface area contributed by atoms with Crippen molar-refractivity contribution in [2.24, 2.45) is 23.1 Å². The number of rotatable bonds is 3. The van der Waals surface area contributed by atoms with E-state index >= 15 is 0 Å². The Hall–Kier alpha value is -1.30. The van der Waals surface area contributed by atoms with Gasteiger partial charge in [-0.3, -0.25) is 4.79 Å². The molecule has 0 spiro atoms. The van der Waals surface area contributed by atoms with Gasteiger partial charge in [0, 0.05) is 0 Å². The van der Waals surface area contributed by atoms with Crippen LogP contribution >= 0.6 is 0 Å². The Balaban J connectivity index is 0. The number of amides is 2. The van der Waals surface area contributed by atoms with Crippen molar-refractivity contribution in [2.75, 3.05) is 0 Å². The number of carbonyl (C=O) groups excluding carboxylic acids is 1. The fourth-order valence-corrected chi connectivity index (χ4v) is 0.624. The average molecular weight is 191 g/mol. The quantitative estimate of drug-likeness (QED) is 0.477. The molecule has 0 aromatic carbocycles. The predicted molar refractivity (Wildman–Crippen MR) is 48.8 cm³/mol. The van der Waals surface area contributed by atoms with Crippen LogP contribution in [0.1, 0.15) is 20.3 Å². The van der Waals surface area contributed by atoms with E-state index in [1.54, 1.807) is 0 Å². The first kappa shape index (κ1) is 14.2. The summed E-state index contributed by atoms with van der Waals surface area (Å²) in [5.74, 6) is 0.0243. The molecule has 1 unspecified atom stereocenters. The summed E-state index contributed by atoms with van der Waals surface area (Å²) in [5, 5.41) is 7.19. The van der Waals surface area contributed by atoms with E-state index in [9.17, 15) is 4.79 Å². The summed E-state index contributed by atoms with van der Waals surface area (Å²) in [6.45, 7) is 4.01. The molecule has 0 bridgehead atoms. The number of hydrogen-bond donors (Lipinski definition) is 4. The van der Waals surface area contributed by atoms with Gasteiger partial charge in [-0.2, -0.15) is 0 Å². The highest BCUT2D eigenvalue weighted by atomic mass is 16.4. The molecule has 0 aliphatic carbocycles. The molecule has 0 heterocycles. The fourth-order valence-electron chi connectivity index (χ4n) is 0.624. The van der Waals surface area contributed by atoms with Crippen LogP contribution in [0.2, 0.25) is 0 Å². The minimum atomic E-state index is -1.33. The van der Waals surface area contributed by atoms with Gasteiger partial charge in [-0.15, -0.1) is 0 Å². The second-order valence-corrected chi connectivity index (χ2v) is 2.98. The van der Waals surface area contributed by atoms with E-state index in [1.165, 1.54) is 0 Å². The minimum absolute atomic E-state index is 0.413. The molecule has 0 saturated carbocycles. The highest BCUT2D eigenvalue weighted by Gasteiger charge is 2.09. The van der Waals surface area contributed by atoms with Gasteiger partial charge in [0.25, 0.3) is 0 Å². The molecule has 13 heavy (non-hydrogen) atoms. The van der Waals surface area contributed by atoms with Gasteiger partial charge in [0.1, 0.15) is 0 Å². The number of primary amides is 2. The van der Waals surface area contributed by atoms with Gasteiger partial charge in [0.05, 0.1) is 6.04 Å². The summed E-state index contributed by atoms with van der Waals surface area (Å²) < 4.78 is 0. The predicted octanol–water partition coefficient (Wildman–Crippen LogP) is -0.532. The van der Waals surface area contributed by atoms with Gasteiger partial charge in [-0.1, -0.05) is 13.8 Å². The van der Waals surface area contributed by atoms with Gasteiger partial charge < -0.3 is 22.3 Å². The van der Waals surface area contributed by atoms with Gasteiger partial charge in [0.2, 0.25) is 5.91 Å². The summed E-state index contributed by atoms with van der Waals surface area (Å²) in [6, 6.07) is -0.468.